The van der Waals surface area contributed by atoms with Crippen molar-refractivity contribution in [2.24, 2.45) is 0 Å². The molecule has 2 rings (SSSR count). The number of carbonyl (C=O) groups is 1. The molecule has 0 saturated heterocycles. The molecule has 1 N–H and O–H groups in total. The lowest BCUT2D eigenvalue weighted by Crippen LogP contribution is -2.02. The largest absolute Gasteiger partial charge is 0.478 e. The highest BCUT2D eigenvalue weighted by atomic mass is 16.4. The van der Waals surface area contributed by atoms with Crippen LogP contribution in [0.5, 0.6) is 0 Å². The van der Waals surface area contributed by atoms with Gasteiger partial charge in [0.15, 0.2) is 0 Å². The fourth-order valence-electron chi connectivity index (χ4n) is 1.29. The molecule has 0 aliphatic rings. The highest BCUT2D eigenvalue weighted by Gasteiger charge is 2.13. The second kappa shape index (κ2) is 3.49. The highest BCUT2D eigenvalue weighted by Crippen LogP contribution is 2.12. The van der Waals surface area contributed by atoms with E-state index in [4.69, 9.17) is 5.11 Å². The fourth-order valence-corrected chi connectivity index (χ4v) is 1.29. The van der Waals surface area contributed by atoms with Crippen molar-refractivity contribution in [2.75, 3.05) is 0 Å². The molecule has 0 fully saturated rings. The fraction of sp³-hybridized carbons (Fsp3) is 0.111. The number of nitrogens with zero attached hydrogens (tertiary/aromatic N) is 4. The Morgan fingerprint density at radius 3 is 2.73 bits per heavy atom. The highest BCUT2D eigenvalue weighted by molar-refractivity contribution is 5.88. The Bertz CT molecular complexity index is 492. The van der Waals surface area contributed by atoms with Gasteiger partial charge in [-0.05, 0) is 13.0 Å². The molecule has 0 aliphatic carbocycles. The van der Waals surface area contributed by atoms with E-state index in [1.165, 1.54) is 23.3 Å². The van der Waals surface area contributed by atoms with Gasteiger partial charge in [0, 0.05) is 0 Å². The van der Waals surface area contributed by atoms with Crippen LogP contribution in [0.25, 0.3) is 5.69 Å². The molecule has 15 heavy (non-hydrogen) atoms. The van der Waals surface area contributed by atoms with Gasteiger partial charge >= 0.3 is 5.97 Å². The molecule has 0 unspecified atom stereocenters. The summed E-state index contributed by atoms with van der Waals surface area (Å²) in [5.74, 6) is -0.985. The molecule has 0 aromatic carbocycles. The molecule has 0 atom stereocenters. The zero-order valence-corrected chi connectivity index (χ0v) is 7.95. The average Bonchev–Trinajstić information content (AvgIpc) is 2.61. The normalized spacial score (nSPS) is 10.2. The second-order valence-corrected chi connectivity index (χ2v) is 2.96. The summed E-state index contributed by atoms with van der Waals surface area (Å²) in [5.41, 5.74) is 1.44. The van der Waals surface area contributed by atoms with E-state index in [0.717, 1.165) is 0 Å². The van der Waals surface area contributed by atoms with E-state index in [9.17, 15) is 4.79 Å². The van der Waals surface area contributed by atoms with E-state index in [1.54, 1.807) is 13.0 Å². The van der Waals surface area contributed by atoms with E-state index in [1.807, 2.05) is 0 Å². The molecule has 6 nitrogen and oxygen atoms in total. The van der Waals surface area contributed by atoms with Gasteiger partial charge < -0.3 is 5.11 Å². The van der Waals surface area contributed by atoms with Gasteiger partial charge in [0.05, 0.1) is 30.0 Å². The minimum atomic E-state index is -0.985. The third-order valence-corrected chi connectivity index (χ3v) is 2.05. The van der Waals surface area contributed by atoms with Crippen LogP contribution in [0.3, 0.4) is 0 Å². The Morgan fingerprint density at radius 2 is 2.20 bits per heavy atom. The molecular weight excluding hydrogens is 196 g/mol. The predicted molar refractivity (Wildman–Crippen MR) is 50.9 cm³/mol. The lowest BCUT2D eigenvalue weighted by Gasteiger charge is -2.02. The second-order valence-electron chi connectivity index (χ2n) is 2.96. The van der Waals surface area contributed by atoms with Crippen LogP contribution >= 0.6 is 0 Å². The third-order valence-electron chi connectivity index (χ3n) is 2.05. The van der Waals surface area contributed by atoms with Crippen LogP contribution in [-0.4, -0.2) is 31.1 Å². The van der Waals surface area contributed by atoms with Gasteiger partial charge in [-0.2, -0.15) is 15.3 Å². The average molecular weight is 204 g/mol. The van der Waals surface area contributed by atoms with Crippen LogP contribution < -0.4 is 0 Å². The summed E-state index contributed by atoms with van der Waals surface area (Å²) < 4.78 is 1.51. The summed E-state index contributed by atoms with van der Waals surface area (Å²) >= 11 is 0. The summed E-state index contributed by atoms with van der Waals surface area (Å²) in [6, 6.07) is 1.71. The van der Waals surface area contributed by atoms with Crippen molar-refractivity contribution in [3.8, 4) is 5.69 Å². The van der Waals surface area contributed by atoms with Gasteiger partial charge in [0.25, 0.3) is 0 Å². The Labute approximate surface area is 85.2 Å². The van der Waals surface area contributed by atoms with E-state index in [2.05, 4.69) is 15.3 Å². The van der Waals surface area contributed by atoms with Gasteiger partial charge in [0.1, 0.15) is 5.56 Å². The van der Waals surface area contributed by atoms with Crippen molar-refractivity contribution in [3.63, 3.8) is 0 Å². The first-order valence-corrected chi connectivity index (χ1v) is 4.25. The smallest absolute Gasteiger partial charge is 0.339 e. The van der Waals surface area contributed by atoms with Crippen molar-refractivity contribution in [2.45, 2.75) is 6.92 Å². The maximum Gasteiger partial charge on any atom is 0.339 e. The Hall–Kier alpha value is -2.24. The molecule has 6 heteroatoms. The number of aromatic nitrogens is 4. The van der Waals surface area contributed by atoms with E-state index in [0.29, 0.717) is 11.4 Å². The molecule has 0 radical (unpaired) electrons. The number of carboxylic acid groups (broad SMARTS) is 1. The lowest BCUT2D eigenvalue weighted by atomic mass is 10.2. The van der Waals surface area contributed by atoms with Gasteiger partial charge in [-0.1, -0.05) is 0 Å². The van der Waals surface area contributed by atoms with Crippen molar-refractivity contribution >= 4 is 5.97 Å². The predicted octanol–water partition coefficient (Wildman–Crippen LogP) is 0.669. The number of aromatic carboxylic acids is 1. The first kappa shape index (κ1) is 9.32. The number of hydrogen-bond donors (Lipinski definition) is 1. The monoisotopic (exact) mass is 204 g/mol. The Balaban J connectivity index is 2.52. The summed E-state index contributed by atoms with van der Waals surface area (Å²) in [5, 5.41) is 20.2. The van der Waals surface area contributed by atoms with Crippen LogP contribution in [-0.2, 0) is 0 Å². The molecule has 0 saturated carbocycles. The van der Waals surface area contributed by atoms with E-state index in [-0.39, 0.29) is 5.56 Å². The first-order chi connectivity index (χ1) is 7.20. The molecule has 76 valence electrons. The van der Waals surface area contributed by atoms with Crippen molar-refractivity contribution in [1.29, 1.82) is 0 Å². The maximum atomic E-state index is 10.8. The molecule has 2 heterocycles. The van der Waals surface area contributed by atoms with Crippen LogP contribution in [0.2, 0.25) is 0 Å². The van der Waals surface area contributed by atoms with Crippen molar-refractivity contribution in [1.82, 2.24) is 20.0 Å². The molecule has 2 aromatic rings. The van der Waals surface area contributed by atoms with Crippen molar-refractivity contribution < 1.29 is 9.90 Å². The lowest BCUT2D eigenvalue weighted by molar-refractivity contribution is 0.0696. The zero-order chi connectivity index (χ0) is 10.8. The van der Waals surface area contributed by atoms with Crippen LogP contribution in [0.1, 0.15) is 16.1 Å². The van der Waals surface area contributed by atoms with E-state index >= 15 is 0 Å². The minimum Gasteiger partial charge on any atom is -0.478 e. The van der Waals surface area contributed by atoms with Crippen molar-refractivity contribution in [3.05, 3.63) is 35.9 Å². The van der Waals surface area contributed by atoms with Crippen LogP contribution in [0.15, 0.2) is 24.7 Å². The van der Waals surface area contributed by atoms with Gasteiger partial charge in [-0.3, -0.25) is 0 Å². The minimum absolute atomic E-state index is 0.187. The molecule has 0 spiro atoms. The van der Waals surface area contributed by atoms with Crippen LogP contribution in [0, 0.1) is 6.92 Å². The summed E-state index contributed by atoms with van der Waals surface area (Å²) in [6.45, 7) is 1.69. The maximum absolute atomic E-state index is 10.8. The van der Waals surface area contributed by atoms with Gasteiger partial charge in [0.2, 0.25) is 0 Å². The first-order valence-electron chi connectivity index (χ1n) is 4.25. The zero-order valence-electron chi connectivity index (χ0n) is 7.95. The molecule has 2 aromatic heterocycles. The quantitative estimate of drug-likeness (QED) is 0.777. The third kappa shape index (κ3) is 1.56. The molecule has 0 bridgehead atoms. The standard InChI is InChI=1S/C9H8N4O2/c1-6-8(9(14)15)5-12-13(6)7-2-3-10-11-4-7/h2-5H,1H3,(H,14,15). The molecule has 0 amide bonds. The van der Waals surface area contributed by atoms with Gasteiger partial charge in [-0.15, -0.1) is 0 Å². The molecular formula is C9H8N4O2. The Kier molecular flexibility index (Phi) is 2.17. The molecule has 0 aliphatic heterocycles. The van der Waals surface area contributed by atoms with Gasteiger partial charge in [-0.25, -0.2) is 9.48 Å². The topological polar surface area (TPSA) is 80.9 Å². The number of rotatable bonds is 2. The van der Waals surface area contributed by atoms with Crippen LogP contribution in [0.4, 0.5) is 0 Å². The summed E-state index contributed by atoms with van der Waals surface area (Å²) in [7, 11) is 0. The number of carboxylic acids is 1. The SMILES string of the molecule is Cc1c(C(=O)O)cnn1-c1ccnnc1. The summed E-state index contributed by atoms with van der Waals surface area (Å²) in [6.07, 6.45) is 4.36. The number of hydrogen-bond acceptors (Lipinski definition) is 4. The Morgan fingerprint density at radius 1 is 1.40 bits per heavy atom. The summed E-state index contributed by atoms with van der Waals surface area (Å²) in [4.78, 5) is 10.8. The van der Waals surface area contributed by atoms with E-state index < -0.39 is 5.97 Å².